The van der Waals surface area contributed by atoms with E-state index >= 15 is 0 Å². The Balaban J connectivity index is 1.94. The number of anilines is 1. The van der Waals surface area contributed by atoms with Crippen molar-refractivity contribution in [1.82, 2.24) is 10.3 Å². The summed E-state index contributed by atoms with van der Waals surface area (Å²) in [6.07, 6.45) is 3.78. The van der Waals surface area contributed by atoms with Crippen molar-refractivity contribution in [1.29, 1.82) is 5.26 Å². The molecule has 0 aliphatic carbocycles. The minimum absolute atomic E-state index is 0.525. The number of nitrogens with one attached hydrogen (secondary N) is 2. The average Bonchev–Trinajstić information content (AvgIpc) is 2.37. The van der Waals surface area contributed by atoms with Crippen LogP contribution in [0.5, 0.6) is 0 Å². The molecule has 0 radical (unpaired) electrons. The van der Waals surface area contributed by atoms with Crippen LogP contribution in [0.2, 0.25) is 0 Å². The van der Waals surface area contributed by atoms with Gasteiger partial charge in [-0.2, -0.15) is 5.26 Å². The number of rotatable bonds is 3. The first-order valence-corrected chi connectivity index (χ1v) is 6.14. The lowest BCUT2D eigenvalue weighted by Gasteiger charge is -2.23. The first-order chi connectivity index (χ1) is 8.28. The third-order valence-corrected chi connectivity index (χ3v) is 3.02. The van der Waals surface area contributed by atoms with Gasteiger partial charge in [0.05, 0.1) is 11.6 Å². The number of hydrogen-bond donors (Lipinski definition) is 2. The zero-order chi connectivity index (χ0) is 12.1. The molecule has 2 heterocycles. The maximum Gasteiger partial charge on any atom is 0.127 e. The van der Waals surface area contributed by atoms with Crippen LogP contribution in [0.4, 0.5) is 5.82 Å². The highest BCUT2D eigenvalue weighted by Gasteiger charge is 2.12. The molecule has 0 aromatic carbocycles. The number of aryl methyl sites for hydroxylation is 1. The second-order valence-corrected chi connectivity index (χ2v) is 4.52. The van der Waals surface area contributed by atoms with Crippen molar-refractivity contribution in [3.05, 3.63) is 23.4 Å². The standard InChI is InChI=1S/C13H18N4/c1-10-6-11(8-14)7-13(17-10)16-9-12-4-2-3-5-15-12/h6-7,12,15H,2-5,9H2,1H3,(H,16,17). The minimum Gasteiger partial charge on any atom is -0.368 e. The van der Waals surface area contributed by atoms with Gasteiger partial charge in [0, 0.05) is 18.3 Å². The van der Waals surface area contributed by atoms with Crippen molar-refractivity contribution in [2.75, 3.05) is 18.4 Å². The monoisotopic (exact) mass is 230 g/mol. The first-order valence-electron chi connectivity index (χ1n) is 6.14. The van der Waals surface area contributed by atoms with E-state index in [-0.39, 0.29) is 0 Å². The molecule has 1 aliphatic heterocycles. The maximum absolute atomic E-state index is 8.89. The van der Waals surface area contributed by atoms with Crippen molar-refractivity contribution < 1.29 is 0 Å². The Bertz CT molecular complexity index is 416. The van der Waals surface area contributed by atoms with E-state index in [2.05, 4.69) is 21.7 Å². The summed E-state index contributed by atoms with van der Waals surface area (Å²) in [5, 5.41) is 15.7. The van der Waals surface area contributed by atoms with Gasteiger partial charge < -0.3 is 10.6 Å². The number of nitrogens with zero attached hydrogens (tertiary/aromatic N) is 2. The Hall–Kier alpha value is -1.60. The van der Waals surface area contributed by atoms with Crippen molar-refractivity contribution in [2.45, 2.75) is 32.2 Å². The Kier molecular flexibility index (Phi) is 3.94. The molecule has 0 saturated carbocycles. The lowest BCUT2D eigenvalue weighted by molar-refractivity contribution is 0.414. The highest BCUT2D eigenvalue weighted by atomic mass is 15.0. The van der Waals surface area contributed by atoms with E-state index in [1.165, 1.54) is 19.3 Å². The van der Waals surface area contributed by atoms with E-state index in [0.29, 0.717) is 11.6 Å². The van der Waals surface area contributed by atoms with Gasteiger partial charge in [0.15, 0.2) is 0 Å². The normalized spacial score (nSPS) is 19.6. The van der Waals surface area contributed by atoms with Crippen LogP contribution < -0.4 is 10.6 Å². The summed E-state index contributed by atoms with van der Waals surface area (Å²) in [7, 11) is 0. The third kappa shape index (κ3) is 3.43. The molecule has 1 fully saturated rings. The molecule has 0 amide bonds. The number of hydrogen-bond acceptors (Lipinski definition) is 4. The second-order valence-electron chi connectivity index (χ2n) is 4.52. The van der Waals surface area contributed by atoms with E-state index in [0.717, 1.165) is 24.6 Å². The van der Waals surface area contributed by atoms with Crippen LogP contribution in [-0.2, 0) is 0 Å². The number of aromatic nitrogens is 1. The number of nitriles is 1. The Labute approximate surface area is 102 Å². The van der Waals surface area contributed by atoms with Crippen LogP contribution in [0.3, 0.4) is 0 Å². The smallest absolute Gasteiger partial charge is 0.127 e. The van der Waals surface area contributed by atoms with Gasteiger partial charge in [-0.3, -0.25) is 0 Å². The quantitative estimate of drug-likeness (QED) is 0.831. The lowest BCUT2D eigenvalue weighted by Crippen LogP contribution is -2.39. The summed E-state index contributed by atoms with van der Waals surface area (Å²) in [5.41, 5.74) is 1.54. The fourth-order valence-corrected chi connectivity index (χ4v) is 2.15. The topological polar surface area (TPSA) is 60.7 Å². The van der Waals surface area contributed by atoms with Gasteiger partial charge in [-0.1, -0.05) is 6.42 Å². The predicted molar refractivity (Wildman–Crippen MR) is 67.8 cm³/mol. The van der Waals surface area contributed by atoms with Crippen molar-refractivity contribution in [3.63, 3.8) is 0 Å². The van der Waals surface area contributed by atoms with Crippen LogP contribution >= 0.6 is 0 Å². The third-order valence-electron chi connectivity index (χ3n) is 3.02. The predicted octanol–water partition coefficient (Wildman–Crippen LogP) is 1.82. The van der Waals surface area contributed by atoms with Crippen LogP contribution in [-0.4, -0.2) is 24.1 Å². The van der Waals surface area contributed by atoms with Crippen LogP contribution in [0.1, 0.15) is 30.5 Å². The van der Waals surface area contributed by atoms with E-state index in [4.69, 9.17) is 5.26 Å². The second kappa shape index (κ2) is 5.65. The zero-order valence-electron chi connectivity index (χ0n) is 10.2. The molecule has 17 heavy (non-hydrogen) atoms. The van der Waals surface area contributed by atoms with Crippen LogP contribution in [0, 0.1) is 18.3 Å². The molecule has 1 atom stereocenters. The number of pyridine rings is 1. The van der Waals surface area contributed by atoms with E-state index in [1.54, 1.807) is 12.1 Å². The van der Waals surface area contributed by atoms with Gasteiger partial charge in [-0.25, -0.2) is 4.98 Å². The molecule has 1 aromatic rings. The van der Waals surface area contributed by atoms with E-state index in [9.17, 15) is 0 Å². The van der Waals surface area contributed by atoms with Crippen LogP contribution in [0.25, 0.3) is 0 Å². The highest BCUT2D eigenvalue weighted by molar-refractivity contribution is 5.44. The SMILES string of the molecule is Cc1cc(C#N)cc(NCC2CCCCN2)n1. The van der Waals surface area contributed by atoms with Gasteiger partial charge in [0.25, 0.3) is 0 Å². The first kappa shape index (κ1) is 11.9. The highest BCUT2D eigenvalue weighted by Crippen LogP contribution is 2.11. The molecule has 1 aromatic heterocycles. The fraction of sp³-hybridized carbons (Fsp3) is 0.538. The summed E-state index contributed by atoms with van der Waals surface area (Å²) in [5.74, 6) is 0.800. The molecule has 2 rings (SSSR count). The molecule has 90 valence electrons. The summed E-state index contributed by atoms with van der Waals surface area (Å²) in [6.45, 7) is 3.89. The number of piperidine rings is 1. The van der Waals surface area contributed by atoms with E-state index in [1.807, 2.05) is 6.92 Å². The Morgan fingerprint density at radius 2 is 2.41 bits per heavy atom. The molecule has 4 heteroatoms. The van der Waals surface area contributed by atoms with Crippen molar-refractivity contribution in [2.24, 2.45) is 0 Å². The molecular weight excluding hydrogens is 212 g/mol. The van der Waals surface area contributed by atoms with Crippen molar-refractivity contribution >= 4 is 5.82 Å². The summed E-state index contributed by atoms with van der Waals surface area (Å²) in [6, 6.07) is 6.27. The molecule has 0 bridgehead atoms. The lowest BCUT2D eigenvalue weighted by atomic mass is 10.1. The largest absolute Gasteiger partial charge is 0.368 e. The summed E-state index contributed by atoms with van der Waals surface area (Å²) < 4.78 is 0. The van der Waals surface area contributed by atoms with E-state index < -0.39 is 0 Å². The fourth-order valence-electron chi connectivity index (χ4n) is 2.15. The minimum atomic E-state index is 0.525. The molecule has 1 unspecified atom stereocenters. The molecule has 1 saturated heterocycles. The molecular formula is C13H18N4. The maximum atomic E-state index is 8.89. The Morgan fingerprint density at radius 1 is 1.53 bits per heavy atom. The Morgan fingerprint density at radius 3 is 3.12 bits per heavy atom. The van der Waals surface area contributed by atoms with Crippen molar-refractivity contribution in [3.8, 4) is 6.07 Å². The molecule has 4 nitrogen and oxygen atoms in total. The van der Waals surface area contributed by atoms with Crippen LogP contribution in [0.15, 0.2) is 12.1 Å². The summed E-state index contributed by atoms with van der Waals surface area (Å²) in [4.78, 5) is 4.38. The molecule has 2 N–H and O–H groups in total. The van der Waals surface area contributed by atoms with Gasteiger partial charge in [-0.05, 0) is 38.4 Å². The molecule has 0 spiro atoms. The van der Waals surface area contributed by atoms with Gasteiger partial charge in [0.1, 0.15) is 5.82 Å². The summed E-state index contributed by atoms with van der Waals surface area (Å²) >= 11 is 0. The van der Waals surface area contributed by atoms with Gasteiger partial charge in [0.2, 0.25) is 0 Å². The van der Waals surface area contributed by atoms with Gasteiger partial charge in [-0.15, -0.1) is 0 Å². The molecule has 1 aliphatic rings. The van der Waals surface area contributed by atoms with Gasteiger partial charge >= 0.3 is 0 Å². The average molecular weight is 230 g/mol. The zero-order valence-corrected chi connectivity index (χ0v) is 10.2.